The molecule has 1 aliphatic carbocycles. The number of hydrogen-bond acceptors (Lipinski definition) is 5. The normalized spacial score (nSPS) is 27.4. The van der Waals surface area contributed by atoms with Crippen LogP contribution in [-0.4, -0.2) is 30.8 Å². The molecule has 1 aromatic rings. The van der Waals surface area contributed by atoms with Gasteiger partial charge in [-0.25, -0.2) is 13.4 Å². The number of nitrogens with one attached hydrogen (secondary N) is 1. The summed E-state index contributed by atoms with van der Waals surface area (Å²) in [6.45, 7) is 1.24. The van der Waals surface area contributed by atoms with Crippen molar-refractivity contribution in [3.05, 3.63) is 18.3 Å². The van der Waals surface area contributed by atoms with Crippen LogP contribution in [0.4, 0.5) is 5.69 Å². The maximum absolute atomic E-state index is 12.6. The van der Waals surface area contributed by atoms with Crippen LogP contribution in [0.15, 0.2) is 23.4 Å². The number of sulfonamides is 1. The third kappa shape index (κ3) is 2.11. The Morgan fingerprint density at radius 3 is 2.63 bits per heavy atom. The molecule has 3 rings (SSSR count). The first-order valence-corrected chi connectivity index (χ1v) is 7.98. The topological polar surface area (TPSA) is 88.3 Å². The van der Waals surface area contributed by atoms with Crippen molar-refractivity contribution in [1.29, 1.82) is 0 Å². The fourth-order valence-electron chi connectivity index (χ4n) is 3.22. The van der Waals surface area contributed by atoms with E-state index in [1.54, 1.807) is 16.4 Å². The van der Waals surface area contributed by atoms with E-state index in [9.17, 15) is 8.42 Å². The molecule has 0 bridgehead atoms. The summed E-state index contributed by atoms with van der Waals surface area (Å²) in [6.07, 6.45) is 4.98. The Morgan fingerprint density at radius 1 is 1.32 bits per heavy atom. The summed E-state index contributed by atoms with van der Waals surface area (Å²) in [5, 5.41) is 0.0254. The van der Waals surface area contributed by atoms with Gasteiger partial charge in [0.15, 0.2) is 5.03 Å². The van der Waals surface area contributed by atoms with Crippen LogP contribution in [0, 0.1) is 11.8 Å². The van der Waals surface area contributed by atoms with Crippen LogP contribution < -0.4 is 11.3 Å². The molecule has 1 aromatic heterocycles. The molecule has 1 aliphatic heterocycles. The van der Waals surface area contributed by atoms with E-state index in [0.717, 1.165) is 12.8 Å². The summed E-state index contributed by atoms with van der Waals surface area (Å²) in [4.78, 5) is 3.99. The quantitative estimate of drug-likeness (QED) is 0.632. The fourth-order valence-corrected chi connectivity index (χ4v) is 4.84. The van der Waals surface area contributed by atoms with Gasteiger partial charge >= 0.3 is 0 Å². The van der Waals surface area contributed by atoms with Gasteiger partial charge in [-0.2, -0.15) is 4.31 Å². The first-order valence-electron chi connectivity index (χ1n) is 6.54. The van der Waals surface area contributed by atoms with Crippen LogP contribution in [0.3, 0.4) is 0 Å². The van der Waals surface area contributed by atoms with Crippen LogP contribution in [-0.2, 0) is 10.0 Å². The minimum atomic E-state index is -3.54. The van der Waals surface area contributed by atoms with Crippen molar-refractivity contribution in [1.82, 2.24) is 9.29 Å². The predicted molar refractivity (Wildman–Crippen MR) is 71.6 cm³/mol. The number of anilines is 1. The maximum atomic E-state index is 12.6. The number of hydrogen-bond donors (Lipinski definition) is 2. The molecule has 19 heavy (non-hydrogen) atoms. The summed E-state index contributed by atoms with van der Waals surface area (Å²) in [6, 6.07) is 3.28. The van der Waals surface area contributed by atoms with E-state index in [1.165, 1.54) is 12.6 Å². The Kier molecular flexibility index (Phi) is 3.20. The van der Waals surface area contributed by atoms with Gasteiger partial charge in [0.1, 0.15) is 0 Å². The summed E-state index contributed by atoms with van der Waals surface area (Å²) >= 11 is 0. The van der Waals surface area contributed by atoms with Crippen molar-refractivity contribution in [3.8, 4) is 0 Å². The molecular formula is C12H18N4O2S. The Labute approximate surface area is 113 Å². The molecule has 0 radical (unpaired) electrons. The molecule has 0 aromatic carbocycles. The molecule has 3 N–H and O–H groups in total. The van der Waals surface area contributed by atoms with E-state index in [2.05, 4.69) is 10.4 Å². The van der Waals surface area contributed by atoms with E-state index < -0.39 is 10.0 Å². The minimum absolute atomic E-state index is 0.0254. The van der Waals surface area contributed by atoms with Crippen molar-refractivity contribution in [2.45, 2.75) is 24.3 Å². The summed E-state index contributed by atoms with van der Waals surface area (Å²) < 4.78 is 26.8. The highest BCUT2D eigenvalue weighted by Crippen LogP contribution is 2.40. The van der Waals surface area contributed by atoms with Gasteiger partial charge in [-0.15, -0.1) is 0 Å². The highest BCUT2D eigenvalue weighted by Gasteiger charge is 2.42. The van der Waals surface area contributed by atoms with Crippen molar-refractivity contribution >= 4 is 15.7 Å². The van der Waals surface area contributed by atoms with E-state index >= 15 is 0 Å². The smallest absolute Gasteiger partial charge is 0.262 e. The Bertz CT molecular complexity index is 563. The zero-order valence-corrected chi connectivity index (χ0v) is 11.4. The number of aromatic nitrogens is 1. The second-order valence-corrected chi connectivity index (χ2v) is 7.13. The average Bonchev–Trinajstić information content (AvgIpc) is 2.99. The first-order chi connectivity index (χ1) is 9.13. The molecule has 2 unspecified atom stereocenters. The second-order valence-electron chi connectivity index (χ2n) is 5.27. The first kappa shape index (κ1) is 12.8. The van der Waals surface area contributed by atoms with E-state index in [4.69, 9.17) is 5.84 Å². The second kappa shape index (κ2) is 4.73. The lowest BCUT2D eigenvalue weighted by molar-refractivity contribution is 0.443. The molecule has 6 nitrogen and oxygen atoms in total. The third-order valence-electron chi connectivity index (χ3n) is 4.20. The molecule has 0 spiro atoms. The molecule has 1 saturated carbocycles. The van der Waals surface area contributed by atoms with Crippen molar-refractivity contribution in [3.63, 3.8) is 0 Å². The van der Waals surface area contributed by atoms with Crippen molar-refractivity contribution in [2.24, 2.45) is 17.7 Å². The van der Waals surface area contributed by atoms with Gasteiger partial charge in [0.05, 0.1) is 5.69 Å². The van der Waals surface area contributed by atoms with Crippen LogP contribution in [0.1, 0.15) is 19.3 Å². The molecule has 0 amide bonds. The van der Waals surface area contributed by atoms with Gasteiger partial charge in [-0.3, -0.25) is 5.84 Å². The average molecular weight is 282 g/mol. The Balaban J connectivity index is 1.91. The highest BCUT2D eigenvalue weighted by molar-refractivity contribution is 7.89. The lowest BCUT2D eigenvalue weighted by atomic mass is 10.0. The monoisotopic (exact) mass is 282 g/mol. The summed E-state index contributed by atoms with van der Waals surface area (Å²) in [5.41, 5.74) is 2.75. The van der Waals surface area contributed by atoms with Gasteiger partial charge < -0.3 is 5.43 Å². The summed E-state index contributed by atoms with van der Waals surface area (Å²) in [7, 11) is -3.54. The molecule has 104 valence electrons. The van der Waals surface area contributed by atoms with Gasteiger partial charge in [0.25, 0.3) is 10.0 Å². The van der Waals surface area contributed by atoms with E-state index in [-0.39, 0.29) is 5.03 Å². The zero-order valence-electron chi connectivity index (χ0n) is 10.6. The Hall–Kier alpha value is -1.18. The number of nitrogens with two attached hydrogens (primary N) is 1. The molecular weight excluding hydrogens is 264 g/mol. The predicted octanol–water partition coefficient (Wildman–Crippen LogP) is 0.788. The van der Waals surface area contributed by atoms with Gasteiger partial charge in [0.2, 0.25) is 0 Å². The van der Waals surface area contributed by atoms with Crippen LogP contribution in [0.25, 0.3) is 0 Å². The number of hydrazine groups is 1. The third-order valence-corrected chi connectivity index (χ3v) is 6.00. The lowest BCUT2D eigenvalue weighted by Gasteiger charge is -2.18. The standard InChI is InChI=1S/C12H18N4O2S/c13-15-11-5-2-6-14-12(11)19(17,18)16-7-9-3-1-4-10(9)8-16/h2,5-6,9-10,15H,1,3-4,7-8,13H2. The van der Waals surface area contributed by atoms with Gasteiger partial charge in [-0.05, 0) is 36.8 Å². The van der Waals surface area contributed by atoms with Gasteiger partial charge in [-0.1, -0.05) is 6.42 Å². The SMILES string of the molecule is NNc1cccnc1S(=O)(=O)N1CC2CCCC2C1. The molecule has 2 aliphatic rings. The number of nitrogens with zero attached hydrogens (tertiary/aromatic N) is 2. The molecule has 2 fully saturated rings. The summed E-state index contributed by atoms with van der Waals surface area (Å²) in [5.74, 6) is 6.41. The zero-order chi connectivity index (χ0) is 13.5. The maximum Gasteiger partial charge on any atom is 0.262 e. The van der Waals surface area contributed by atoms with E-state index in [0.29, 0.717) is 30.6 Å². The number of fused-ring (bicyclic) bond motifs is 1. The van der Waals surface area contributed by atoms with Gasteiger partial charge in [0, 0.05) is 19.3 Å². The van der Waals surface area contributed by atoms with Crippen LogP contribution in [0.2, 0.25) is 0 Å². The molecule has 1 saturated heterocycles. The lowest BCUT2D eigenvalue weighted by Crippen LogP contribution is -2.31. The Morgan fingerprint density at radius 2 is 2.00 bits per heavy atom. The van der Waals surface area contributed by atoms with E-state index in [1.807, 2.05) is 0 Å². The molecule has 2 heterocycles. The highest BCUT2D eigenvalue weighted by atomic mass is 32.2. The largest absolute Gasteiger partial charge is 0.321 e. The van der Waals surface area contributed by atoms with Crippen LogP contribution in [0.5, 0.6) is 0 Å². The number of nitrogen functional groups attached to an aromatic ring is 1. The van der Waals surface area contributed by atoms with Crippen LogP contribution >= 0.6 is 0 Å². The number of rotatable bonds is 3. The van der Waals surface area contributed by atoms with Crippen molar-refractivity contribution in [2.75, 3.05) is 18.5 Å². The fraction of sp³-hybridized carbons (Fsp3) is 0.583. The van der Waals surface area contributed by atoms with Crippen molar-refractivity contribution < 1.29 is 8.42 Å². The minimum Gasteiger partial charge on any atom is -0.321 e. The number of pyridine rings is 1. The molecule has 7 heteroatoms. The molecule has 2 atom stereocenters.